The lowest BCUT2D eigenvalue weighted by atomic mass is 10.2. The molecule has 0 aliphatic carbocycles. The molecule has 0 bridgehead atoms. The first-order chi connectivity index (χ1) is 12.2. The van der Waals surface area contributed by atoms with Gasteiger partial charge in [0, 0.05) is 15.7 Å². The third kappa shape index (κ3) is 5.86. The zero-order valence-corrected chi connectivity index (χ0v) is 14.9. The van der Waals surface area contributed by atoms with Gasteiger partial charge in [0.2, 0.25) is 0 Å². The van der Waals surface area contributed by atoms with Crippen LogP contribution in [-0.4, -0.2) is 24.6 Å². The van der Waals surface area contributed by atoms with Crippen LogP contribution >= 0.6 is 23.2 Å². The van der Waals surface area contributed by atoms with E-state index in [0.29, 0.717) is 15.7 Å². The minimum atomic E-state index is -3.02. The Kier molecular flexibility index (Phi) is 6.76. The number of amides is 1. The van der Waals surface area contributed by atoms with E-state index in [2.05, 4.69) is 10.1 Å². The third-order valence-electron chi connectivity index (χ3n) is 3.08. The third-order valence-corrected chi connectivity index (χ3v) is 3.51. The first-order valence-corrected chi connectivity index (χ1v) is 8.03. The highest BCUT2D eigenvalue weighted by atomic mass is 35.5. The van der Waals surface area contributed by atoms with Gasteiger partial charge in [-0.25, -0.2) is 4.79 Å². The zero-order valence-electron chi connectivity index (χ0n) is 13.3. The topological polar surface area (TPSA) is 64.6 Å². The van der Waals surface area contributed by atoms with Gasteiger partial charge in [-0.15, -0.1) is 0 Å². The first-order valence-electron chi connectivity index (χ1n) is 7.27. The van der Waals surface area contributed by atoms with Gasteiger partial charge in [0.05, 0.1) is 5.56 Å². The lowest BCUT2D eigenvalue weighted by Gasteiger charge is -2.14. The number of nitrogens with one attached hydrogen (secondary N) is 1. The molecule has 26 heavy (non-hydrogen) atoms. The molecule has 0 aromatic heterocycles. The highest BCUT2D eigenvalue weighted by molar-refractivity contribution is 6.35. The number of carbonyl (C=O) groups excluding carboxylic acids is 2. The summed E-state index contributed by atoms with van der Waals surface area (Å²) in [5.74, 6) is -1.67. The molecule has 0 spiro atoms. The summed E-state index contributed by atoms with van der Waals surface area (Å²) in [6, 6.07) is 9.51. The molecule has 2 aromatic rings. The molecule has 0 heterocycles. The monoisotopic (exact) mass is 403 g/mol. The van der Waals surface area contributed by atoms with Crippen LogP contribution in [0.2, 0.25) is 10.0 Å². The minimum absolute atomic E-state index is 0.0337. The maximum absolute atomic E-state index is 12.2. The molecule has 2 aromatic carbocycles. The number of hydrogen-bond acceptors (Lipinski definition) is 4. The standard InChI is InChI=1S/C17H13Cl2F2NO4/c1-9(15(23)22-13-7-11(18)6-12(19)8-13)25-16(24)10-3-2-4-14(5-10)26-17(20)21/h2-9,17H,1H3,(H,22,23)/t9-/m0/s1. The van der Waals surface area contributed by atoms with E-state index >= 15 is 0 Å². The Labute approximate surface area is 157 Å². The number of hydrogen-bond donors (Lipinski definition) is 1. The van der Waals surface area contributed by atoms with Crippen molar-refractivity contribution in [1.82, 2.24) is 0 Å². The van der Waals surface area contributed by atoms with E-state index in [-0.39, 0.29) is 11.3 Å². The van der Waals surface area contributed by atoms with Crippen LogP contribution in [0.4, 0.5) is 14.5 Å². The van der Waals surface area contributed by atoms with Crippen molar-refractivity contribution in [3.8, 4) is 5.75 Å². The molecule has 1 atom stereocenters. The largest absolute Gasteiger partial charge is 0.449 e. The van der Waals surface area contributed by atoms with Crippen molar-refractivity contribution in [3.63, 3.8) is 0 Å². The van der Waals surface area contributed by atoms with E-state index in [1.54, 1.807) is 0 Å². The fourth-order valence-electron chi connectivity index (χ4n) is 1.95. The second-order valence-electron chi connectivity index (χ2n) is 5.10. The van der Waals surface area contributed by atoms with Crippen molar-refractivity contribution in [3.05, 3.63) is 58.1 Å². The Morgan fingerprint density at radius 1 is 1.08 bits per heavy atom. The molecule has 9 heteroatoms. The molecule has 0 saturated carbocycles. The molecule has 0 unspecified atom stereocenters. The summed E-state index contributed by atoms with van der Waals surface area (Å²) in [7, 11) is 0. The van der Waals surface area contributed by atoms with Crippen LogP contribution in [0.5, 0.6) is 5.75 Å². The molecule has 0 saturated heterocycles. The van der Waals surface area contributed by atoms with Crippen molar-refractivity contribution in [2.75, 3.05) is 5.32 Å². The summed E-state index contributed by atoms with van der Waals surface area (Å²) < 4.78 is 33.7. The van der Waals surface area contributed by atoms with Crippen LogP contribution in [0.3, 0.4) is 0 Å². The van der Waals surface area contributed by atoms with Crippen molar-refractivity contribution >= 4 is 40.8 Å². The van der Waals surface area contributed by atoms with Crippen LogP contribution in [0, 0.1) is 0 Å². The average molecular weight is 404 g/mol. The van der Waals surface area contributed by atoms with Gasteiger partial charge in [0.1, 0.15) is 5.75 Å². The molecular formula is C17H13Cl2F2NO4. The van der Waals surface area contributed by atoms with Gasteiger partial charge >= 0.3 is 12.6 Å². The first kappa shape index (κ1) is 19.9. The summed E-state index contributed by atoms with van der Waals surface area (Å²) >= 11 is 11.7. The molecule has 5 nitrogen and oxygen atoms in total. The smallest absolute Gasteiger partial charge is 0.387 e. The lowest BCUT2D eigenvalue weighted by Crippen LogP contribution is -2.30. The molecule has 2 rings (SSSR count). The Bertz CT molecular complexity index is 797. The number of esters is 1. The summed E-state index contributed by atoms with van der Waals surface area (Å²) in [6.45, 7) is -1.66. The molecular weight excluding hydrogens is 391 g/mol. The SMILES string of the molecule is C[C@H](OC(=O)c1cccc(OC(F)F)c1)C(=O)Nc1cc(Cl)cc(Cl)c1. The Balaban J connectivity index is 2.00. The number of rotatable bonds is 6. The maximum Gasteiger partial charge on any atom is 0.387 e. The number of carbonyl (C=O) groups is 2. The normalized spacial score (nSPS) is 11.8. The number of benzene rings is 2. The van der Waals surface area contributed by atoms with Crippen LogP contribution in [0.25, 0.3) is 0 Å². The number of anilines is 1. The van der Waals surface area contributed by atoms with Gasteiger partial charge in [0.25, 0.3) is 5.91 Å². The van der Waals surface area contributed by atoms with E-state index in [9.17, 15) is 18.4 Å². The summed E-state index contributed by atoms with van der Waals surface area (Å²) in [5, 5.41) is 3.16. The molecule has 138 valence electrons. The number of ether oxygens (including phenoxy) is 2. The predicted molar refractivity (Wildman–Crippen MR) is 93.0 cm³/mol. The van der Waals surface area contributed by atoms with E-state index in [1.165, 1.54) is 43.3 Å². The zero-order chi connectivity index (χ0) is 19.3. The molecule has 1 N–H and O–H groups in total. The van der Waals surface area contributed by atoms with Crippen molar-refractivity contribution < 1.29 is 27.8 Å². The van der Waals surface area contributed by atoms with Crippen molar-refractivity contribution in [1.29, 1.82) is 0 Å². The van der Waals surface area contributed by atoms with Crippen LogP contribution in [0.15, 0.2) is 42.5 Å². The van der Waals surface area contributed by atoms with Gasteiger partial charge in [-0.2, -0.15) is 8.78 Å². The average Bonchev–Trinajstić information content (AvgIpc) is 2.53. The summed E-state index contributed by atoms with van der Waals surface area (Å²) in [6.07, 6.45) is -1.15. The van der Waals surface area contributed by atoms with Gasteiger partial charge in [0.15, 0.2) is 6.10 Å². The highest BCUT2D eigenvalue weighted by Crippen LogP contribution is 2.23. The molecule has 1 amide bonds. The van der Waals surface area contributed by atoms with Gasteiger partial charge in [-0.1, -0.05) is 29.3 Å². The second-order valence-corrected chi connectivity index (χ2v) is 5.97. The quantitative estimate of drug-likeness (QED) is 0.704. The Morgan fingerprint density at radius 3 is 2.35 bits per heavy atom. The van der Waals surface area contributed by atoms with Gasteiger partial charge < -0.3 is 14.8 Å². The molecule has 0 aliphatic rings. The fraction of sp³-hybridized carbons (Fsp3) is 0.176. The lowest BCUT2D eigenvalue weighted by molar-refractivity contribution is -0.123. The van der Waals surface area contributed by atoms with Crippen molar-refractivity contribution in [2.45, 2.75) is 19.6 Å². The molecule has 0 fully saturated rings. The summed E-state index contributed by atoms with van der Waals surface area (Å²) in [5.41, 5.74) is 0.302. The van der Waals surface area contributed by atoms with E-state index in [4.69, 9.17) is 27.9 Å². The fourth-order valence-corrected chi connectivity index (χ4v) is 2.48. The maximum atomic E-state index is 12.2. The number of alkyl halides is 2. The molecule has 0 aliphatic heterocycles. The second kappa shape index (κ2) is 8.82. The van der Waals surface area contributed by atoms with Crippen LogP contribution in [0.1, 0.15) is 17.3 Å². The predicted octanol–water partition coefficient (Wildman–Crippen LogP) is 4.78. The Morgan fingerprint density at radius 2 is 1.73 bits per heavy atom. The minimum Gasteiger partial charge on any atom is -0.449 e. The van der Waals surface area contributed by atoms with Crippen LogP contribution < -0.4 is 10.1 Å². The van der Waals surface area contributed by atoms with Gasteiger partial charge in [-0.3, -0.25) is 4.79 Å². The van der Waals surface area contributed by atoms with Crippen LogP contribution in [-0.2, 0) is 9.53 Å². The Hall–Kier alpha value is -2.38. The summed E-state index contributed by atoms with van der Waals surface area (Å²) in [4.78, 5) is 24.2. The molecule has 0 radical (unpaired) electrons. The van der Waals surface area contributed by atoms with E-state index in [1.807, 2.05) is 0 Å². The van der Waals surface area contributed by atoms with Crippen molar-refractivity contribution in [2.24, 2.45) is 0 Å². The van der Waals surface area contributed by atoms with Gasteiger partial charge in [-0.05, 0) is 43.3 Å². The van der Waals surface area contributed by atoms with E-state index < -0.39 is 24.6 Å². The van der Waals surface area contributed by atoms with E-state index in [0.717, 1.165) is 6.07 Å². The highest BCUT2D eigenvalue weighted by Gasteiger charge is 2.20. The number of halogens is 4.